The SMILES string of the molecule is C[N@@+]1(CC2CC2)CC[C@]23c4c5ccc([O-])c4C[C@H]1[C@]2(O)CCC(=O)C3O5. The average Bonchev–Trinajstić information content (AvgIpc) is 3.33. The van der Waals surface area contributed by atoms with Crippen molar-refractivity contribution in [1.29, 1.82) is 0 Å². The summed E-state index contributed by atoms with van der Waals surface area (Å²) in [5.74, 6) is 1.54. The number of carbonyl (C=O) groups is 1. The largest absolute Gasteiger partial charge is 0.872 e. The molecule has 2 saturated carbocycles. The number of nitrogens with zero attached hydrogens (tertiary/aromatic N) is 1. The van der Waals surface area contributed by atoms with Gasteiger partial charge in [-0.25, -0.2) is 0 Å². The van der Waals surface area contributed by atoms with Crippen LogP contribution in [0, 0.1) is 5.92 Å². The van der Waals surface area contributed by atoms with Gasteiger partial charge in [-0.1, -0.05) is 6.07 Å². The normalized spacial score (nSPS) is 45.2. The molecule has 0 amide bonds. The monoisotopic (exact) mass is 355 g/mol. The Morgan fingerprint density at radius 1 is 1.35 bits per heavy atom. The van der Waals surface area contributed by atoms with Gasteiger partial charge in [0.15, 0.2) is 11.9 Å². The van der Waals surface area contributed by atoms with Crippen molar-refractivity contribution in [2.45, 2.75) is 61.7 Å². The molecule has 138 valence electrons. The van der Waals surface area contributed by atoms with E-state index in [1.807, 2.05) is 0 Å². The molecule has 1 spiro atoms. The van der Waals surface area contributed by atoms with Gasteiger partial charge in [-0.2, -0.15) is 0 Å². The number of quaternary nitrogens is 1. The highest BCUT2D eigenvalue weighted by atomic mass is 16.5. The third-order valence-corrected chi connectivity index (χ3v) is 8.28. The van der Waals surface area contributed by atoms with Crippen LogP contribution in [0.5, 0.6) is 11.5 Å². The first-order chi connectivity index (χ1) is 12.4. The smallest absolute Gasteiger partial charge is 0.174 e. The van der Waals surface area contributed by atoms with Gasteiger partial charge in [-0.15, -0.1) is 5.75 Å². The van der Waals surface area contributed by atoms with Crippen molar-refractivity contribution in [1.82, 2.24) is 0 Å². The van der Waals surface area contributed by atoms with E-state index in [1.165, 1.54) is 12.8 Å². The van der Waals surface area contributed by atoms with Crippen LogP contribution in [-0.4, -0.2) is 53.3 Å². The van der Waals surface area contributed by atoms with Crippen LogP contribution in [-0.2, 0) is 16.6 Å². The fourth-order valence-electron chi connectivity index (χ4n) is 6.94. The molecule has 2 heterocycles. The summed E-state index contributed by atoms with van der Waals surface area (Å²) in [6.45, 7) is 2.02. The van der Waals surface area contributed by atoms with Crippen molar-refractivity contribution in [3.63, 3.8) is 0 Å². The van der Waals surface area contributed by atoms with Crippen LogP contribution >= 0.6 is 0 Å². The van der Waals surface area contributed by atoms with E-state index < -0.39 is 17.1 Å². The van der Waals surface area contributed by atoms with Crippen LogP contribution in [0.25, 0.3) is 0 Å². The lowest BCUT2D eigenvalue weighted by Crippen LogP contribution is -2.80. The molecule has 1 saturated heterocycles. The van der Waals surface area contributed by atoms with Crippen LogP contribution in [0.4, 0.5) is 0 Å². The number of likely N-dealkylation sites (N-methyl/N-ethyl adjacent to an activating group) is 1. The number of piperidine rings is 1. The minimum Gasteiger partial charge on any atom is -0.872 e. The van der Waals surface area contributed by atoms with Gasteiger partial charge >= 0.3 is 0 Å². The topological polar surface area (TPSA) is 69.6 Å². The molecule has 6 rings (SSSR count). The Morgan fingerprint density at radius 3 is 2.92 bits per heavy atom. The number of hydrogen-bond donors (Lipinski definition) is 1. The Bertz CT molecular complexity index is 849. The second-order valence-electron chi connectivity index (χ2n) is 9.57. The molecule has 3 fully saturated rings. The summed E-state index contributed by atoms with van der Waals surface area (Å²) in [6, 6.07) is 3.28. The van der Waals surface area contributed by atoms with E-state index in [1.54, 1.807) is 12.1 Å². The third kappa shape index (κ3) is 1.55. The maximum absolute atomic E-state index is 12.8. The van der Waals surface area contributed by atoms with Gasteiger partial charge in [0.2, 0.25) is 0 Å². The average molecular weight is 355 g/mol. The lowest BCUT2D eigenvalue weighted by molar-refractivity contribution is -0.950. The summed E-state index contributed by atoms with van der Waals surface area (Å²) in [5.41, 5.74) is 0.00523. The lowest BCUT2D eigenvalue weighted by atomic mass is 9.48. The number of ketones is 1. The van der Waals surface area contributed by atoms with Crippen molar-refractivity contribution in [3.05, 3.63) is 23.3 Å². The molecular formula is C21H25NO4. The highest BCUT2D eigenvalue weighted by molar-refractivity contribution is 5.89. The van der Waals surface area contributed by atoms with E-state index in [9.17, 15) is 15.0 Å². The molecule has 5 heteroatoms. The van der Waals surface area contributed by atoms with Crippen LogP contribution in [0.1, 0.15) is 43.2 Å². The van der Waals surface area contributed by atoms with Crippen LogP contribution in [0.2, 0.25) is 0 Å². The fourth-order valence-corrected chi connectivity index (χ4v) is 6.94. The van der Waals surface area contributed by atoms with Crippen LogP contribution < -0.4 is 9.84 Å². The number of carbonyl (C=O) groups excluding carboxylic acids is 1. The summed E-state index contributed by atoms with van der Waals surface area (Å²) in [5, 5.41) is 24.9. The molecule has 1 aromatic rings. The van der Waals surface area contributed by atoms with E-state index in [0.29, 0.717) is 25.0 Å². The quantitative estimate of drug-likeness (QED) is 0.805. The van der Waals surface area contributed by atoms with Gasteiger partial charge < -0.3 is 19.4 Å². The number of likely N-dealkylation sites (tertiary alicyclic amines) is 1. The molecule has 1 unspecified atom stereocenters. The highest BCUT2D eigenvalue weighted by Crippen LogP contribution is 2.65. The molecule has 5 atom stereocenters. The summed E-state index contributed by atoms with van der Waals surface area (Å²) in [4.78, 5) is 12.8. The van der Waals surface area contributed by atoms with Crippen molar-refractivity contribution in [2.75, 3.05) is 20.1 Å². The number of ether oxygens (including phenoxy) is 1. The zero-order chi connectivity index (χ0) is 17.9. The van der Waals surface area contributed by atoms with Crippen molar-refractivity contribution in [3.8, 4) is 11.5 Å². The van der Waals surface area contributed by atoms with Gasteiger partial charge in [0, 0.05) is 30.7 Å². The summed E-state index contributed by atoms with van der Waals surface area (Å²) < 4.78 is 6.94. The minimum atomic E-state index is -0.959. The standard InChI is InChI=1S/C21H25NO4/c1-22(11-12-2-3-12)9-8-20-18-13-10-17(22)21(20,25)7-6-15(24)19(20)26-16(18)5-4-14(13)23/h4-5,12,17,19,25H,2-3,6-11H2,1H3/t17-,19?,20+,21+,22-/m0/s1. The van der Waals surface area contributed by atoms with Crippen molar-refractivity contribution >= 4 is 5.78 Å². The predicted molar refractivity (Wildman–Crippen MR) is 91.9 cm³/mol. The first kappa shape index (κ1) is 15.5. The van der Waals surface area contributed by atoms with Crippen molar-refractivity contribution in [2.24, 2.45) is 5.92 Å². The lowest BCUT2D eigenvalue weighted by Gasteiger charge is -2.64. The second-order valence-corrected chi connectivity index (χ2v) is 9.57. The van der Waals surface area contributed by atoms with Gasteiger partial charge in [-0.3, -0.25) is 4.79 Å². The molecule has 2 bridgehead atoms. The van der Waals surface area contributed by atoms with Gasteiger partial charge in [-0.05, 0) is 30.9 Å². The Balaban J connectivity index is 1.61. The fraction of sp³-hybridized carbons (Fsp3) is 0.667. The zero-order valence-corrected chi connectivity index (χ0v) is 15.2. The van der Waals surface area contributed by atoms with Crippen molar-refractivity contribution < 1.29 is 24.2 Å². The van der Waals surface area contributed by atoms with E-state index in [2.05, 4.69) is 7.05 Å². The second kappa shape index (κ2) is 4.45. The number of rotatable bonds is 2. The van der Waals surface area contributed by atoms with Gasteiger partial charge in [0.25, 0.3) is 0 Å². The first-order valence-corrected chi connectivity index (χ1v) is 9.98. The Hall–Kier alpha value is -1.59. The summed E-state index contributed by atoms with van der Waals surface area (Å²) in [7, 11) is 2.26. The van der Waals surface area contributed by atoms with Crippen LogP contribution in [0.3, 0.4) is 0 Å². The number of benzene rings is 1. The molecule has 0 aromatic heterocycles. The summed E-state index contributed by atoms with van der Waals surface area (Å²) in [6.07, 6.45) is 4.14. The Labute approximate surface area is 153 Å². The highest BCUT2D eigenvalue weighted by Gasteiger charge is 2.76. The Kier molecular flexibility index (Phi) is 2.65. The number of hydrogen-bond acceptors (Lipinski definition) is 4. The first-order valence-electron chi connectivity index (χ1n) is 9.98. The predicted octanol–water partition coefficient (Wildman–Crippen LogP) is 1.04. The Morgan fingerprint density at radius 2 is 2.15 bits per heavy atom. The summed E-state index contributed by atoms with van der Waals surface area (Å²) >= 11 is 0. The molecular weight excluding hydrogens is 330 g/mol. The van der Waals surface area contributed by atoms with Crippen LogP contribution in [0.15, 0.2) is 12.1 Å². The molecule has 26 heavy (non-hydrogen) atoms. The van der Waals surface area contributed by atoms with Gasteiger partial charge in [0.1, 0.15) is 17.4 Å². The van der Waals surface area contributed by atoms with E-state index in [4.69, 9.17) is 4.74 Å². The van der Waals surface area contributed by atoms with E-state index in [0.717, 1.165) is 41.0 Å². The molecule has 5 aliphatic rings. The number of aliphatic hydroxyl groups is 1. The molecule has 5 nitrogen and oxygen atoms in total. The maximum atomic E-state index is 12.8. The molecule has 2 aliphatic heterocycles. The van der Waals surface area contributed by atoms with E-state index in [-0.39, 0.29) is 17.6 Å². The maximum Gasteiger partial charge on any atom is 0.174 e. The molecule has 0 radical (unpaired) electrons. The van der Waals surface area contributed by atoms with E-state index >= 15 is 0 Å². The zero-order valence-electron chi connectivity index (χ0n) is 15.2. The molecule has 1 N–H and O–H groups in total. The third-order valence-electron chi connectivity index (χ3n) is 8.28. The minimum absolute atomic E-state index is 0.0235. The molecule has 3 aliphatic carbocycles. The van der Waals surface area contributed by atoms with Gasteiger partial charge in [0.05, 0.1) is 25.6 Å². The number of Topliss-reactive ketones (excluding diaryl/α,β-unsaturated/α-hetero) is 1. The molecule has 1 aromatic carbocycles.